The lowest BCUT2D eigenvalue weighted by atomic mass is 9.96. The molecule has 7 heteroatoms. The van der Waals surface area contributed by atoms with Gasteiger partial charge in [0, 0.05) is 24.2 Å². The molecule has 4 nitrogen and oxygen atoms in total. The van der Waals surface area contributed by atoms with Crippen molar-refractivity contribution in [1.82, 2.24) is 5.32 Å². The van der Waals surface area contributed by atoms with Crippen LogP contribution in [-0.2, 0) is 23.8 Å². The van der Waals surface area contributed by atoms with E-state index in [1.165, 1.54) is 19.1 Å². The Morgan fingerprint density at radius 3 is 2.27 bits per heavy atom. The number of anilines is 1. The van der Waals surface area contributed by atoms with Crippen molar-refractivity contribution in [3.8, 4) is 11.1 Å². The van der Waals surface area contributed by atoms with E-state index in [4.69, 9.17) is 0 Å². The van der Waals surface area contributed by atoms with E-state index in [2.05, 4.69) is 10.6 Å². The van der Waals surface area contributed by atoms with Crippen LogP contribution in [0.3, 0.4) is 0 Å². The van der Waals surface area contributed by atoms with Gasteiger partial charge in [0.15, 0.2) is 0 Å². The van der Waals surface area contributed by atoms with Gasteiger partial charge >= 0.3 is 6.18 Å². The molecule has 1 unspecified atom stereocenters. The molecule has 3 aromatic carbocycles. The normalized spacial score (nSPS) is 15.1. The van der Waals surface area contributed by atoms with Crippen LogP contribution in [0, 0.1) is 6.92 Å². The Labute approximate surface area is 189 Å². The molecule has 0 aromatic heterocycles. The van der Waals surface area contributed by atoms with Crippen LogP contribution in [0.1, 0.15) is 39.5 Å². The van der Waals surface area contributed by atoms with Crippen LogP contribution in [0.5, 0.6) is 0 Å². The molecule has 0 spiro atoms. The number of fused-ring (bicyclic) bond motifs is 1. The highest BCUT2D eigenvalue weighted by molar-refractivity contribution is 6.09. The molecule has 2 amide bonds. The summed E-state index contributed by atoms with van der Waals surface area (Å²) >= 11 is 0. The van der Waals surface area contributed by atoms with Gasteiger partial charge in [-0.05, 0) is 72.4 Å². The average molecular weight is 452 g/mol. The lowest BCUT2D eigenvalue weighted by Gasteiger charge is -2.13. The number of hydrogen-bond donors (Lipinski definition) is 2. The van der Waals surface area contributed by atoms with E-state index in [0.29, 0.717) is 28.8 Å². The Bertz CT molecular complexity index is 1220. The molecule has 4 rings (SSSR count). The summed E-state index contributed by atoms with van der Waals surface area (Å²) in [7, 11) is 0. The van der Waals surface area contributed by atoms with Crippen LogP contribution in [0.4, 0.5) is 18.9 Å². The Balaban J connectivity index is 1.58. The summed E-state index contributed by atoms with van der Waals surface area (Å²) in [5.74, 6) is -0.415. The van der Waals surface area contributed by atoms with Crippen molar-refractivity contribution in [1.29, 1.82) is 0 Å². The highest BCUT2D eigenvalue weighted by Crippen LogP contribution is 2.32. The fraction of sp³-hybridized carbons (Fsp3) is 0.231. The van der Waals surface area contributed by atoms with E-state index in [0.717, 1.165) is 35.2 Å². The standard InChI is InChI=1S/C26H23F3N2O2/c1-15-3-10-23(17-4-7-20(8-5-17)26(27,28)29)24(11-15)25(33)31-21-9-6-18-12-22(30-16(2)32)14-19(18)13-21/h3-11,13,22H,12,14H2,1-2H3,(H,30,32)(H,31,33). The minimum Gasteiger partial charge on any atom is -0.353 e. The zero-order chi connectivity index (χ0) is 23.8. The maximum atomic E-state index is 13.1. The quantitative estimate of drug-likeness (QED) is 0.546. The molecule has 1 atom stereocenters. The van der Waals surface area contributed by atoms with Crippen LogP contribution >= 0.6 is 0 Å². The Kier molecular flexibility index (Phi) is 5.97. The summed E-state index contributed by atoms with van der Waals surface area (Å²) in [4.78, 5) is 24.5. The minimum atomic E-state index is -4.42. The van der Waals surface area contributed by atoms with Crippen LogP contribution in [0.15, 0.2) is 60.7 Å². The Morgan fingerprint density at radius 2 is 1.61 bits per heavy atom. The first-order valence-corrected chi connectivity index (χ1v) is 10.6. The van der Waals surface area contributed by atoms with Gasteiger partial charge in [-0.3, -0.25) is 9.59 Å². The number of benzene rings is 3. The van der Waals surface area contributed by atoms with E-state index in [-0.39, 0.29) is 17.9 Å². The molecule has 3 aromatic rings. The van der Waals surface area contributed by atoms with E-state index in [1.54, 1.807) is 12.1 Å². The molecule has 0 radical (unpaired) electrons. The van der Waals surface area contributed by atoms with E-state index in [9.17, 15) is 22.8 Å². The second-order valence-corrected chi connectivity index (χ2v) is 8.37. The monoisotopic (exact) mass is 452 g/mol. The summed E-state index contributed by atoms with van der Waals surface area (Å²) in [6.07, 6.45) is -2.97. The van der Waals surface area contributed by atoms with Crippen molar-refractivity contribution in [2.24, 2.45) is 0 Å². The number of alkyl halides is 3. The highest BCUT2D eigenvalue weighted by atomic mass is 19.4. The molecular weight excluding hydrogens is 429 g/mol. The number of halogens is 3. The minimum absolute atomic E-state index is 0.0477. The topological polar surface area (TPSA) is 58.2 Å². The molecule has 0 bridgehead atoms. The molecule has 0 aliphatic heterocycles. The number of carbonyl (C=O) groups excluding carboxylic acids is 2. The molecule has 0 saturated carbocycles. The molecular formula is C26H23F3N2O2. The fourth-order valence-corrected chi connectivity index (χ4v) is 4.22. The molecule has 0 heterocycles. The Hall–Kier alpha value is -3.61. The van der Waals surface area contributed by atoms with Crippen molar-refractivity contribution < 1.29 is 22.8 Å². The van der Waals surface area contributed by atoms with Gasteiger partial charge in [0.05, 0.1) is 5.56 Å². The smallest absolute Gasteiger partial charge is 0.353 e. The third kappa shape index (κ3) is 5.08. The third-order valence-electron chi connectivity index (χ3n) is 5.75. The first-order valence-electron chi connectivity index (χ1n) is 10.6. The number of hydrogen-bond acceptors (Lipinski definition) is 2. The van der Waals surface area contributed by atoms with Crippen molar-refractivity contribution in [3.05, 3.63) is 88.5 Å². The SMILES string of the molecule is CC(=O)NC1Cc2ccc(NC(=O)c3cc(C)ccc3-c3ccc(C(F)(F)F)cc3)cc2C1. The molecule has 2 N–H and O–H groups in total. The van der Waals surface area contributed by atoms with Crippen LogP contribution in [0.2, 0.25) is 0 Å². The first-order chi connectivity index (χ1) is 15.6. The van der Waals surface area contributed by atoms with E-state index in [1.807, 2.05) is 31.2 Å². The van der Waals surface area contributed by atoms with Crippen molar-refractivity contribution >= 4 is 17.5 Å². The molecule has 170 valence electrons. The fourth-order valence-electron chi connectivity index (χ4n) is 4.22. The van der Waals surface area contributed by atoms with Crippen LogP contribution in [0.25, 0.3) is 11.1 Å². The van der Waals surface area contributed by atoms with Gasteiger partial charge < -0.3 is 10.6 Å². The molecule has 0 fully saturated rings. The summed E-state index contributed by atoms with van der Waals surface area (Å²) < 4.78 is 38.8. The van der Waals surface area contributed by atoms with Gasteiger partial charge in [0.2, 0.25) is 5.91 Å². The Morgan fingerprint density at radius 1 is 0.909 bits per heavy atom. The summed E-state index contributed by atoms with van der Waals surface area (Å²) in [5, 5.41) is 5.83. The molecule has 33 heavy (non-hydrogen) atoms. The van der Waals surface area contributed by atoms with E-state index >= 15 is 0 Å². The van der Waals surface area contributed by atoms with Crippen molar-refractivity contribution in [2.75, 3.05) is 5.32 Å². The number of aryl methyl sites for hydroxylation is 1. The second-order valence-electron chi connectivity index (χ2n) is 8.37. The number of nitrogens with one attached hydrogen (secondary N) is 2. The summed E-state index contributed by atoms with van der Waals surface area (Å²) in [6.45, 7) is 3.34. The van der Waals surface area contributed by atoms with Gasteiger partial charge in [0.25, 0.3) is 5.91 Å². The van der Waals surface area contributed by atoms with E-state index < -0.39 is 11.7 Å². The predicted octanol–water partition coefficient (Wildman–Crippen LogP) is 5.54. The number of rotatable bonds is 4. The molecule has 1 aliphatic rings. The van der Waals surface area contributed by atoms with Crippen LogP contribution in [-0.4, -0.2) is 17.9 Å². The largest absolute Gasteiger partial charge is 0.416 e. The second kappa shape index (κ2) is 8.73. The van der Waals surface area contributed by atoms with Crippen molar-refractivity contribution in [3.63, 3.8) is 0 Å². The number of carbonyl (C=O) groups is 2. The summed E-state index contributed by atoms with van der Waals surface area (Å²) in [6, 6.07) is 15.8. The highest BCUT2D eigenvalue weighted by Gasteiger charge is 2.30. The lowest BCUT2D eigenvalue weighted by Crippen LogP contribution is -2.33. The maximum absolute atomic E-state index is 13.1. The zero-order valence-corrected chi connectivity index (χ0v) is 18.2. The first kappa shape index (κ1) is 22.6. The number of amides is 2. The predicted molar refractivity (Wildman–Crippen MR) is 121 cm³/mol. The van der Waals surface area contributed by atoms with Crippen molar-refractivity contribution in [2.45, 2.75) is 38.9 Å². The molecule has 1 aliphatic carbocycles. The third-order valence-corrected chi connectivity index (χ3v) is 5.75. The van der Waals surface area contributed by atoms with Gasteiger partial charge in [-0.2, -0.15) is 13.2 Å². The molecule has 0 saturated heterocycles. The maximum Gasteiger partial charge on any atom is 0.416 e. The van der Waals surface area contributed by atoms with Gasteiger partial charge in [-0.1, -0.05) is 35.9 Å². The van der Waals surface area contributed by atoms with Gasteiger partial charge in [0.1, 0.15) is 0 Å². The van der Waals surface area contributed by atoms with Gasteiger partial charge in [-0.25, -0.2) is 0 Å². The average Bonchev–Trinajstić information content (AvgIpc) is 3.14. The van der Waals surface area contributed by atoms with Crippen LogP contribution < -0.4 is 10.6 Å². The lowest BCUT2D eigenvalue weighted by molar-refractivity contribution is -0.137. The zero-order valence-electron chi connectivity index (χ0n) is 18.2. The van der Waals surface area contributed by atoms with Gasteiger partial charge in [-0.15, -0.1) is 0 Å². The summed E-state index contributed by atoms with van der Waals surface area (Å²) in [5.41, 5.74) is 4.42.